The van der Waals surface area contributed by atoms with E-state index in [4.69, 9.17) is 30.5 Å². The van der Waals surface area contributed by atoms with Crippen LogP contribution in [-0.4, -0.2) is 35.8 Å². The zero-order valence-electron chi connectivity index (χ0n) is 19.5. The molecule has 3 fully saturated rings. The van der Waals surface area contributed by atoms with Crippen LogP contribution in [0.15, 0.2) is 84.9 Å². The second-order valence-electron chi connectivity index (χ2n) is 9.56. The van der Waals surface area contributed by atoms with Crippen molar-refractivity contribution in [1.29, 1.82) is 0 Å². The van der Waals surface area contributed by atoms with E-state index < -0.39 is 35.9 Å². The van der Waals surface area contributed by atoms with Gasteiger partial charge in [0.1, 0.15) is 18.2 Å². The van der Waals surface area contributed by atoms with Gasteiger partial charge in [0, 0.05) is 10.7 Å². The number of carbonyl (C=O) groups excluding carboxylic acids is 1. The number of carbonyl (C=O) groups is 1. The van der Waals surface area contributed by atoms with E-state index in [1.807, 2.05) is 86.6 Å². The monoisotopic (exact) mass is 491 g/mol. The van der Waals surface area contributed by atoms with Crippen LogP contribution in [0.5, 0.6) is 0 Å². The molecule has 0 radical (unpaired) electrons. The number of anilines is 1. The van der Waals surface area contributed by atoms with Crippen molar-refractivity contribution in [3.05, 3.63) is 101 Å². The van der Waals surface area contributed by atoms with E-state index in [0.29, 0.717) is 11.6 Å². The molecule has 3 aliphatic rings. The van der Waals surface area contributed by atoms with Crippen molar-refractivity contribution in [3.8, 4) is 0 Å². The van der Waals surface area contributed by atoms with Crippen LogP contribution in [0.1, 0.15) is 31.0 Å². The summed E-state index contributed by atoms with van der Waals surface area (Å²) in [6.45, 7) is 4.00. The molecule has 1 amide bonds. The second-order valence-corrected chi connectivity index (χ2v) is 10.00. The highest BCUT2D eigenvalue weighted by atomic mass is 35.5. The first kappa shape index (κ1) is 22.7. The van der Waals surface area contributed by atoms with Crippen LogP contribution in [-0.2, 0) is 30.3 Å². The summed E-state index contributed by atoms with van der Waals surface area (Å²) in [6, 6.07) is 26.5. The normalized spacial score (nSPS) is 30.9. The van der Waals surface area contributed by atoms with Gasteiger partial charge < -0.3 is 18.9 Å². The largest absolute Gasteiger partial charge is 0.367 e. The molecule has 0 bridgehead atoms. The first-order chi connectivity index (χ1) is 16.9. The van der Waals surface area contributed by atoms with Crippen LogP contribution in [0.2, 0.25) is 5.02 Å². The summed E-state index contributed by atoms with van der Waals surface area (Å²) < 4.78 is 25.3. The van der Waals surface area contributed by atoms with Gasteiger partial charge >= 0.3 is 0 Å². The maximum Gasteiger partial charge on any atom is 0.265 e. The Kier molecular flexibility index (Phi) is 5.47. The van der Waals surface area contributed by atoms with Gasteiger partial charge in [-0.05, 0) is 49.2 Å². The van der Waals surface area contributed by atoms with Gasteiger partial charge in [0.2, 0.25) is 5.60 Å². The molecule has 3 saturated heterocycles. The molecule has 6 nitrogen and oxygen atoms in total. The fraction of sp³-hybridized carbons (Fsp3) is 0.321. The smallest absolute Gasteiger partial charge is 0.265 e. The quantitative estimate of drug-likeness (QED) is 0.456. The Bertz CT molecular complexity index is 1220. The van der Waals surface area contributed by atoms with Crippen LogP contribution >= 0.6 is 11.6 Å². The lowest BCUT2D eigenvalue weighted by Crippen LogP contribution is -2.74. The van der Waals surface area contributed by atoms with E-state index in [1.165, 1.54) is 0 Å². The Hall–Kier alpha value is -2.74. The average Bonchev–Trinajstić information content (AvgIpc) is 3.33. The van der Waals surface area contributed by atoms with Crippen molar-refractivity contribution in [2.45, 2.75) is 56.4 Å². The second kappa shape index (κ2) is 8.43. The standard InChI is InChI=1S/C28H26ClNO5/c1-27(2)33-22-24(32-17-18-9-5-3-6-10-18)28(35-25(22)34-27)23(19-11-7-4-8-12-19)30(26(28)31)21-15-13-20(29)14-16-21/h3-16,22-25H,17H2,1-2H3/t22-,23+,24-,25+,28+/m1/s1. The summed E-state index contributed by atoms with van der Waals surface area (Å²) >= 11 is 6.12. The number of benzene rings is 3. The molecule has 3 heterocycles. The van der Waals surface area contributed by atoms with Gasteiger partial charge in [-0.2, -0.15) is 0 Å². The van der Waals surface area contributed by atoms with Crippen molar-refractivity contribution < 1.29 is 23.7 Å². The molecule has 0 saturated carbocycles. The van der Waals surface area contributed by atoms with Gasteiger partial charge in [0.05, 0.1) is 6.61 Å². The lowest BCUT2D eigenvalue weighted by atomic mass is 9.73. The van der Waals surface area contributed by atoms with E-state index in [0.717, 1.165) is 16.8 Å². The Morgan fingerprint density at radius 2 is 1.54 bits per heavy atom. The third kappa shape index (κ3) is 3.68. The fourth-order valence-corrected chi connectivity index (χ4v) is 5.50. The number of ether oxygens (including phenoxy) is 4. The summed E-state index contributed by atoms with van der Waals surface area (Å²) in [5.41, 5.74) is 1.39. The lowest BCUT2D eigenvalue weighted by Gasteiger charge is -2.55. The van der Waals surface area contributed by atoms with E-state index in [9.17, 15) is 4.79 Å². The van der Waals surface area contributed by atoms with Crippen LogP contribution in [0.3, 0.4) is 0 Å². The van der Waals surface area contributed by atoms with Crippen LogP contribution in [0.25, 0.3) is 0 Å². The van der Waals surface area contributed by atoms with Crippen molar-refractivity contribution in [2.75, 3.05) is 4.90 Å². The molecule has 0 N–H and O–H groups in total. The Labute approximate surface area is 209 Å². The molecular weight excluding hydrogens is 466 g/mol. The highest BCUT2D eigenvalue weighted by Gasteiger charge is 2.76. The number of rotatable bonds is 5. The zero-order valence-corrected chi connectivity index (χ0v) is 20.2. The maximum atomic E-state index is 14.0. The van der Waals surface area contributed by atoms with Gasteiger partial charge in [-0.3, -0.25) is 9.69 Å². The van der Waals surface area contributed by atoms with Crippen LogP contribution in [0.4, 0.5) is 5.69 Å². The molecule has 3 aliphatic heterocycles. The molecule has 3 aromatic carbocycles. The number of amides is 1. The third-order valence-electron chi connectivity index (χ3n) is 6.83. The number of hydrogen-bond donors (Lipinski definition) is 0. The number of nitrogens with zero attached hydrogens (tertiary/aromatic N) is 1. The number of halogens is 1. The molecule has 6 rings (SSSR count). The third-order valence-corrected chi connectivity index (χ3v) is 7.08. The summed E-state index contributed by atoms with van der Waals surface area (Å²) in [7, 11) is 0. The van der Waals surface area contributed by atoms with Gasteiger partial charge in [-0.1, -0.05) is 72.3 Å². The first-order valence-corrected chi connectivity index (χ1v) is 12.1. The van der Waals surface area contributed by atoms with Crippen LogP contribution < -0.4 is 4.90 Å². The van der Waals surface area contributed by atoms with E-state index in [2.05, 4.69) is 0 Å². The molecule has 7 heteroatoms. The van der Waals surface area contributed by atoms with E-state index in [1.54, 1.807) is 17.0 Å². The molecule has 180 valence electrons. The summed E-state index contributed by atoms with van der Waals surface area (Å²) in [5.74, 6) is -1.03. The maximum absolute atomic E-state index is 14.0. The summed E-state index contributed by atoms with van der Waals surface area (Å²) in [4.78, 5) is 15.8. The first-order valence-electron chi connectivity index (χ1n) is 11.7. The zero-order chi connectivity index (χ0) is 24.2. The average molecular weight is 492 g/mol. The molecule has 0 unspecified atom stereocenters. The summed E-state index contributed by atoms with van der Waals surface area (Å²) in [6.07, 6.45) is -1.93. The number of hydrogen-bond acceptors (Lipinski definition) is 5. The topological polar surface area (TPSA) is 57.2 Å². The van der Waals surface area contributed by atoms with Crippen molar-refractivity contribution in [2.24, 2.45) is 0 Å². The predicted octanol–water partition coefficient (Wildman–Crippen LogP) is 5.26. The SMILES string of the molecule is CC1(C)O[C@H]2O[C@]3(C(=O)N(c4ccc(Cl)cc4)[C@H]3c3ccccc3)[C@H](OCc3ccccc3)[C@H]2O1. The molecule has 0 aromatic heterocycles. The molecule has 1 spiro atoms. The molecule has 3 aromatic rings. The van der Waals surface area contributed by atoms with E-state index >= 15 is 0 Å². The molecule has 35 heavy (non-hydrogen) atoms. The molecular formula is C28H26ClNO5. The number of β-lactam (4-membered cyclic amide) rings is 1. The lowest BCUT2D eigenvalue weighted by molar-refractivity contribution is -0.255. The Morgan fingerprint density at radius 1 is 0.886 bits per heavy atom. The van der Waals surface area contributed by atoms with Gasteiger partial charge in [0.15, 0.2) is 12.1 Å². The van der Waals surface area contributed by atoms with Crippen molar-refractivity contribution in [1.82, 2.24) is 0 Å². The van der Waals surface area contributed by atoms with Gasteiger partial charge in [0.25, 0.3) is 5.91 Å². The fourth-order valence-electron chi connectivity index (χ4n) is 5.38. The minimum Gasteiger partial charge on any atom is -0.367 e. The molecule has 0 aliphatic carbocycles. The van der Waals surface area contributed by atoms with Crippen molar-refractivity contribution >= 4 is 23.2 Å². The number of fused-ring (bicyclic) bond motifs is 1. The predicted molar refractivity (Wildman–Crippen MR) is 131 cm³/mol. The van der Waals surface area contributed by atoms with Crippen LogP contribution in [0, 0.1) is 0 Å². The highest BCUT2D eigenvalue weighted by Crippen LogP contribution is 2.58. The minimum atomic E-state index is -1.29. The highest BCUT2D eigenvalue weighted by molar-refractivity contribution is 6.30. The Balaban J connectivity index is 1.42. The molecule has 5 atom stereocenters. The Morgan fingerprint density at radius 3 is 2.23 bits per heavy atom. The van der Waals surface area contributed by atoms with Gasteiger partial charge in [-0.25, -0.2) is 0 Å². The summed E-state index contributed by atoms with van der Waals surface area (Å²) in [5, 5.41) is 0.604. The minimum absolute atomic E-state index is 0.189. The van der Waals surface area contributed by atoms with Gasteiger partial charge in [-0.15, -0.1) is 0 Å². The van der Waals surface area contributed by atoms with E-state index in [-0.39, 0.29) is 5.91 Å². The van der Waals surface area contributed by atoms with Crippen molar-refractivity contribution in [3.63, 3.8) is 0 Å².